The molecule has 14 heteroatoms. The van der Waals surface area contributed by atoms with E-state index in [0.29, 0.717) is 98.5 Å². The first kappa shape index (κ1) is 32.4. The van der Waals surface area contributed by atoms with Gasteiger partial charge in [0.05, 0.1) is 33.7 Å². The van der Waals surface area contributed by atoms with Crippen molar-refractivity contribution in [1.82, 2.24) is 35.1 Å². The molecule has 250 valence electrons. The number of nitrogens with zero attached hydrogens (tertiary/aromatic N) is 4. The molecule has 2 aliphatic rings. The Morgan fingerprint density at radius 2 is 1.51 bits per heavy atom. The lowest BCUT2D eigenvalue weighted by Crippen LogP contribution is -2.36. The minimum absolute atomic E-state index is 0.0129. The van der Waals surface area contributed by atoms with Crippen LogP contribution in [0.1, 0.15) is 36.0 Å². The van der Waals surface area contributed by atoms with Crippen LogP contribution in [0.15, 0.2) is 64.6 Å². The lowest BCUT2D eigenvalue weighted by atomic mass is 9.98. The highest BCUT2D eigenvalue weighted by atomic mass is 35.5. The zero-order chi connectivity index (χ0) is 34.2. The molecule has 2 saturated heterocycles. The number of H-pyrrole nitrogens is 2. The number of carbonyl (C=O) groups excluding carboxylic acids is 3. The van der Waals surface area contributed by atoms with Gasteiger partial charge in [0.25, 0.3) is 5.56 Å². The fourth-order valence-electron chi connectivity index (χ4n) is 6.43. The van der Waals surface area contributed by atoms with Crippen molar-refractivity contribution in [3.8, 4) is 33.6 Å². The number of carbonyl (C=O) groups is 3. The second kappa shape index (κ2) is 13.4. The van der Waals surface area contributed by atoms with Gasteiger partial charge in [-0.1, -0.05) is 59.6 Å². The Morgan fingerprint density at radius 1 is 0.898 bits per heavy atom. The number of aromatic nitrogens is 4. The van der Waals surface area contributed by atoms with Crippen LogP contribution >= 0.6 is 23.2 Å². The monoisotopic (exact) mass is 698 g/mol. The average Bonchev–Trinajstić information content (AvgIpc) is 3.89. The molecule has 0 aliphatic carbocycles. The van der Waals surface area contributed by atoms with Gasteiger partial charge in [0.1, 0.15) is 11.5 Å². The van der Waals surface area contributed by atoms with Crippen LogP contribution in [0.2, 0.25) is 10.0 Å². The van der Waals surface area contributed by atoms with Crippen LogP contribution in [0, 0.1) is 0 Å². The molecule has 2 unspecified atom stereocenters. The van der Waals surface area contributed by atoms with Gasteiger partial charge >= 0.3 is 0 Å². The second-order valence-electron chi connectivity index (χ2n) is 12.4. The van der Waals surface area contributed by atoms with Crippen molar-refractivity contribution in [2.24, 2.45) is 4.99 Å². The van der Waals surface area contributed by atoms with E-state index in [4.69, 9.17) is 23.2 Å². The van der Waals surface area contributed by atoms with Crippen molar-refractivity contribution in [1.29, 1.82) is 0 Å². The summed E-state index contributed by atoms with van der Waals surface area (Å²) in [7, 11) is 1.86. The molecule has 4 N–H and O–H groups in total. The first-order valence-corrected chi connectivity index (χ1v) is 16.6. The predicted octanol–water partition coefficient (Wildman–Crippen LogP) is 5.32. The number of benzene rings is 2. The Morgan fingerprint density at radius 3 is 2.12 bits per heavy atom. The van der Waals surface area contributed by atoms with E-state index in [0.717, 1.165) is 12.7 Å². The van der Waals surface area contributed by atoms with Crippen molar-refractivity contribution in [2.75, 3.05) is 13.6 Å². The molecule has 0 bridgehead atoms. The zero-order valence-corrected chi connectivity index (χ0v) is 27.9. The Balaban J connectivity index is 1.16. The Bertz CT molecular complexity index is 2200. The smallest absolute Gasteiger partial charge is 0.262 e. The number of nitrogens with one attached hydrogen (secondary N) is 4. The maximum absolute atomic E-state index is 13.3. The summed E-state index contributed by atoms with van der Waals surface area (Å²) in [6, 6.07) is 14.5. The van der Waals surface area contributed by atoms with Crippen LogP contribution < -0.4 is 16.2 Å². The summed E-state index contributed by atoms with van der Waals surface area (Å²) in [5.41, 5.74) is 4.47. The van der Waals surface area contributed by atoms with Gasteiger partial charge in [0.15, 0.2) is 6.29 Å². The topological polar surface area (TPSA) is 157 Å². The van der Waals surface area contributed by atoms with E-state index in [1.807, 2.05) is 48.3 Å². The summed E-state index contributed by atoms with van der Waals surface area (Å²) >= 11 is 14.1. The number of fused-ring (bicyclic) bond motifs is 1. The molecule has 2 atom stereocenters. The van der Waals surface area contributed by atoms with Crippen molar-refractivity contribution in [2.45, 2.75) is 44.3 Å². The van der Waals surface area contributed by atoms with Crippen molar-refractivity contribution in [3.63, 3.8) is 0 Å². The number of rotatable bonds is 10. The van der Waals surface area contributed by atoms with E-state index < -0.39 is 0 Å². The highest BCUT2D eigenvalue weighted by Crippen LogP contribution is 2.42. The summed E-state index contributed by atoms with van der Waals surface area (Å²) in [6.45, 7) is 0.946. The largest absolute Gasteiger partial charge is 0.364 e. The van der Waals surface area contributed by atoms with E-state index >= 15 is 0 Å². The van der Waals surface area contributed by atoms with E-state index in [1.165, 1.54) is 10.9 Å². The van der Waals surface area contributed by atoms with Crippen molar-refractivity contribution in [3.05, 3.63) is 80.8 Å². The maximum atomic E-state index is 13.3. The minimum Gasteiger partial charge on any atom is -0.364 e. The summed E-state index contributed by atoms with van der Waals surface area (Å²) in [6.07, 6.45) is 6.26. The molecule has 7 rings (SSSR count). The third kappa shape index (κ3) is 6.49. The van der Waals surface area contributed by atoms with Crippen LogP contribution in [0.5, 0.6) is 0 Å². The fourth-order valence-corrected chi connectivity index (χ4v) is 7.09. The fraction of sp³-hybridized carbons (Fsp3) is 0.257. The van der Waals surface area contributed by atoms with Gasteiger partial charge in [-0.05, 0) is 25.0 Å². The van der Waals surface area contributed by atoms with Crippen LogP contribution in [-0.4, -0.2) is 74.5 Å². The van der Waals surface area contributed by atoms with Gasteiger partial charge in [-0.2, -0.15) is 0 Å². The molecule has 0 radical (unpaired) electrons. The Labute approximate surface area is 290 Å². The molecule has 2 aliphatic heterocycles. The number of aliphatic imine (C=N–C) groups is 1. The molecule has 2 amide bonds. The van der Waals surface area contributed by atoms with Gasteiger partial charge in [0, 0.05) is 78.7 Å². The van der Waals surface area contributed by atoms with Gasteiger partial charge < -0.3 is 25.5 Å². The van der Waals surface area contributed by atoms with Gasteiger partial charge in [-0.3, -0.25) is 23.7 Å². The first-order chi connectivity index (χ1) is 23.7. The number of aldehydes is 1. The molecule has 0 saturated carbocycles. The van der Waals surface area contributed by atoms with Gasteiger partial charge in [0.2, 0.25) is 11.8 Å². The van der Waals surface area contributed by atoms with Crippen LogP contribution in [0.3, 0.4) is 0 Å². The Hall–Kier alpha value is -5.20. The number of halogens is 2. The van der Waals surface area contributed by atoms with Gasteiger partial charge in [-0.25, -0.2) is 9.98 Å². The van der Waals surface area contributed by atoms with Crippen LogP contribution in [0.4, 0.5) is 5.82 Å². The van der Waals surface area contributed by atoms with E-state index in [2.05, 4.69) is 30.6 Å². The van der Waals surface area contributed by atoms with Crippen molar-refractivity contribution < 1.29 is 14.4 Å². The lowest BCUT2D eigenvalue weighted by molar-refractivity contribution is -0.120. The third-order valence-electron chi connectivity index (χ3n) is 8.91. The van der Waals surface area contributed by atoms with E-state index in [1.54, 1.807) is 18.5 Å². The highest BCUT2D eigenvalue weighted by molar-refractivity contribution is 6.39. The normalized spacial score (nSPS) is 17.6. The molecule has 3 aromatic heterocycles. The molecule has 12 nitrogen and oxygen atoms in total. The number of hydrogen-bond donors (Lipinski definition) is 4. The average molecular weight is 700 g/mol. The number of likely N-dealkylation sites (N-methyl/N-ethyl adjacent to an activating group) is 1. The van der Waals surface area contributed by atoms with Crippen LogP contribution in [0.25, 0.3) is 44.7 Å². The standard InChI is InChI=1S/C35H32Cl2N8O4/c1-44(14-20-8-10-29(47)40-20)17-38-33-19(16-46)12-27(42-33)24-6-2-4-22(31(24)36)23-5-3-7-25(32(23)37)28-13-26-34(43-28)39-18-45(35(26)49)15-21-9-11-30(48)41-21/h2-7,12-13,16-18,20-21,42-43H,8-11,14-15H2,1H3,(H,40,47)(H,41,48). The lowest BCUT2D eigenvalue weighted by Gasteiger charge is -2.17. The summed E-state index contributed by atoms with van der Waals surface area (Å²) in [4.78, 5) is 65.7. The van der Waals surface area contributed by atoms with Crippen LogP contribution in [-0.2, 0) is 16.1 Å². The highest BCUT2D eigenvalue weighted by Gasteiger charge is 2.24. The SMILES string of the molecule is CN(C=Nc1[nH]c(-c2cccc(-c3cccc(-c4cc5c(=O)n(CC6CCC(=O)N6)cnc5[nH]4)c3Cl)c2Cl)cc1C=O)CC1CCC(=O)N1. The summed E-state index contributed by atoms with van der Waals surface area (Å²) in [5.74, 6) is 0.420. The first-order valence-electron chi connectivity index (χ1n) is 15.9. The zero-order valence-electron chi connectivity index (χ0n) is 26.4. The third-order valence-corrected chi connectivity index (χ3v) is 9.73. The summed E-state index contributed by atoms with van der Waals surface area (Å²) < 4.78 is 1.52. The number of hydrogen-bond acceptors (Lipinski definition) is 6. The quantitative estimate of drug-likeness (QED) is 0.0878. The van der Waals surface area contributed by atoms with E-state index in [9.17, 15) is 19.2 Å². The second-order valence-corrected chi connectivity index (χ2v) is 13.1. The molecule has 5 aromatic rings. The molecule has 49 heavy (non-hydrogen) atoms. The molecule has 5 heterocycles. The van der Waals surface area contributed by atoms with Crippen molar-refractivity contribution >= 4 is 64.5 Å². The minimum atomic E-state index is -0.213. The summed E-state index contributed by atoms with van der Waals surface area (Å²) in [5, 5.41) is 7.08. The molecule has 0 spiro atoms. The van der Waals surface area contributed by atoms with Gasteiger partial charge in [-0.15, -0.1) is 0 Å². The Kier molecular flexibility index (Phi) is 8.82. The van der Waals surface area contributed by atoms with E-state index in [-0.39, 0.29) is 29.5 Å². The molecular formula is C35H32Cl2N8O4. The molecule has 2 aromatic carbocycles. The maximum Gasteiger partial charge on any atom is 0.262 e. The molecular weight excluding hydrogens is 667 g/mol. The number of aromatic amines is 2. The molecule has 2 fully saturated rings. The predicted molar refractivity (Wildman–Crippen MR) is 190 cm³/mol. The number of amides is 2.